The van der Waals surface area contributed by atoms with Gasteiger partial charge < -0.3 is 4.74 Å². The Morgan fingerprint density at radius 2 is 2.11 bits per heavy atom. The number of ketones is 1. The van der Waals surface area contributed by atoms with E-state index in [0.717, 1.165) is 6.42 Å². The minimum Gasteiger partial charge on any atom is -0.365 e. The number of azide groups is 1. The summed E-state index contributed by atoms with van der Waals surface area (Å²) in [6, 6.07) is 0. The molecule has 0 unspecified atom stereocenters. The fourth-order valence-corrected chi connectivity index (χ4v) is 8.08. The van der Waals surface area contributed by atoms with E-state index in [4.69, 9.17) is 10.3 Å². The van der Waals surface area contributed by atoms with Crippen molar-refractivity contribution in [2.45, 2.75) is 71.5 Å². The Bertz CT molecular complexity index is 757. The number of rotatable bonds is 3. The third-order valence-corrected chi connectivity index (χ3v) is 9.42. The Labute approximate surface area is 161 Å². The minimum absolute atomic E-state index is 0.159. The molecule has 1 heterocycles. The van der Waals surface area contributed by atoms with Gasteiger partial charge in [-0.2, -0.15) is 0 Å². The van der Waals surface area contributed by atoms with Crippen LogP contribution in [0.4, 0.5) is 0 Å². The molecule has 0 bridgehead atoms. The van der Waals surface area contributed by atoms with Gasteiger partial charge in [0.15, 0.2) is 5.78 Å². The van der Waals surface area contributed by atoms with Crippen molar-refractivity contribution in [3.63, 3.8) is 0 Å². The highest BCUT2D eigenvalue weighted by Gasteiger charge is 2.69. The van der Waals surface area contributed by atoms with E-state index in [2.05, 4.69) is 30.8 Å². The molecule has 0 aromatic heterocycles. The van der Waals surface area contributed by atoms with Crippen LogP contribution in [0.3, 0.4) is 0 Å². The molecule has 5 nitrogen and oxygen atoms in total. The van der Waals surface area contributed by atoms with Crippen molar-refractivity contribution in [2.24, 2.45) is 45.5 Å². The number of epoxide rings is 1. The zero-order valence-electron chi connectivity index (χ0n) is 16.7. The average molecular weight is 370 g/mol. The zero-order valence-corrected chi connectivity index (χ0v) is 16.7. The van der Waals surface area contributed by atoms with E-state index >= 15 is 0 Å². The van der Waals surface area contributed by atoms with E-state index in [1.807, 2.05) is 6.08 Å². The lowest BCUT2D eigenvalue weighted by Crippen LogP contribution is -2.53. The molecule has 0 aromatic rings. The van der Waals surface area contributed by atoms with Crippen LogP contribution in [-0.2, 0) is 9.53 Å². The second-order valence-corrected chi connectivity index (χ2v) is 10.4. The molecule has 1 saturated heterocycles. The van der Waals surface area contributed by atoms with Crippen molar-refractivity contribution in [1.29, 1.82) is 0 Å². The van der Waals surface area contributed by atoms with Crippen molar-refractivity contribution in [3.8, 4) is 0 Å². The summed E-state index contributed by atoms with van der Waals surface area (Å²) in [6.45, 7) is 7.81. The lowest BCUT2D eigenvalue weighted by Gasteiger charge is -2.57. The molecule has 5 heteroatoms. The number of ether oxygens (including phenoxy) is 1. The topological polar surface area (TPSA) is 78.4 Å². The largest absolute Gasteiger partial charge is 0.365 e. The summed E-state index contributed by atoms with van der Waals surface area (Å²) >= 11 is 0. The van der Waals surface area contributed by atoms with E-state index in [1.54, 1.807) is 0 Å². The van der Waals surface area contributed by atoms with E-state index in [1.165, 1.54) is 31.3 Å². The van der Waals surface area contributed by atoms with Crippen LogP contribution in [0.5, 0.6) is 0 Å². The van der Waals surface area contributed by atoms with Gasteiger partial charge in [0.05, 0.1) is 6.10 Å². The summed E-state index contributed by atoms with van der Waals surface area (Å²) in [5, 5.41) is 3.88. The number of carbonyl (C=O) groups is 1. The number of hydrogen-bond donors (Lipinski definition) is 0. The minimum atomic E-state index is 0.159. The molecule has 0 spiro atoms. The predicted octanol–water partition coefficient (Wildman–Crippen LogP) is 5.07. The highest BCUT2D eigenvalue weighted by atomic mass is 16.6. The zero-order chi connectivity index (χ0) is 19.0. The Kier molecular flexibility index (Phi) is 3.84. The fourth-order valence-electron chi connectivity index (χ4n) is 8.08. The number of nitrogens with zero attached hydrogens (tertiary/aromatic N) is 3. The Balaban J connectivity index is 1.46. The monoisotopic (exact) mass is 369 g/mol. The van der Waals surface area contributed by atoms with Gasteiger partial charge in [-0.3, -0.25) is 4.79 Å². The molecule has 5 rings (SSSR count). The maximum absolute atomic E-state index is 12.1. The molecule has 146 valence electrons. The molecule has 0 aromatic carbocycles. The standard InChI is InChI=1S/C22H31N3O2/c1-12(11-24-25-23)14-4-5-15-18-16(7-9-21(14,15)2)22(3)8-6-13(26)10-17(22)19-20(18)27-19/h10,12,14-16,18-20H,4-9,11H2,1-3H3/t12-,14-,15+,16+,18+,19-,20+,21-,22-/m1/s1. The van der Waals surface area contributed by atoms with Crippen LogP contribution >= 0.6 is 0 Å². The van der Waals surface area contributed by atoms with Gasteiger partial charge in [0, 0.05) is 17.9 Å². The Hall–Kier alpha value is -1.32. The molecule has 27 heavy (non-hydrogen) atoms. The summed E-state index contributed by atoms with van der Waals surface area (Å²) in [6.07, 6.45) is 9.25. The second-order valence-electron chi connectivity index (χ2n) is 10.4. The lowest BCUT2D eigenvalue weighted by molar-refractivity contribution is -0.117. The van der Waals surface area contributed by atoms with E-state index in [-0.39, 0.29) is 11.5 Å². The van der Waals surface area contributed by atoms with Crippen molar-refractivity contribution in [1.82, 2.24) is 0 Å². The van der Waals surface area contributed by atoms with Gasteiger partial charge in [0.1, 0.15) is 6.10 Å². The molecular weight excluding hydrogens is 338 g/mol. The normalized spacial score (nSPS) is 51.1. The molecular formula is C22H31N3O2. The molecule has 4 aliphatic carbocycles. The van der Waals surface area contributed by atoms with Crippen LogP contribution in [0.25, 0.3) is 10.4 Å². The third kappa shape index (κ3) is 2.34. The van der Waals surface area contributed by atoms with Gasteiger partial charge in [-0.15, -0.1) is 0 Å². The van der Waals surface area contributed by atoms with Gasteiger partial charge >= 0.3 is 0 Å². The molecule has 0 amide bonds. The summed E-state index contributed by atoms with van der Waals surface area (Å²) < 4.78 is 6.26. The van der Waals surface area contributed by atoms with Crippen LogP contribution in [0.2, 0.25) is 0 Å². The van der Waals surface area contributed by atoms with E-state index in [9.17, 15) is 4.79 Å². The number of hydrogen-bond acceptors (Lipinski definition) is 3. The predicted molar refractivity (Wildman–Crippen MR) is 103 cm³/mol. The number of carbonyl (C=O) groups excluding carboxylic acids is 1. The molecule has 9 atom stereocenters. The van der Waals surface area contributed by atoms with Crippen LogP contribution in [0.1, 0.15) is 59.3 Å². The molecule has 0 N–H and O–H groups in total. The Morgan fingerprint density at radius 3 is 2.89 bits per heavy atom. The Morgan fingerprint density at radius 1 is 1.30 bits per heavy atom. The lowest BCUT2D eigenvalue weighted by atomic mass is 9.46. The highest BCUT2D eigenvalue weighted by Crippen LogP contribution is 2.70. The quantitative estimate of drug-likeness (QED) is 0.301. The molecule has 0 radical (unpaired) electrons. The number of fused-ring (bicyclic) bond motifs is 8. The van der Waals surface area contributed by atoms with Gasteiger partial charge in [0.2, 0.25) is 0 Å². The van der Waals surface area contributed by atoms with Gasteiger partial charge in [-0.05, 0) is 89.7 Å². The molecule has 5 aliphatic rings. The molecule has 1 aliphatic heterocycles. The van der Waals surface area contributed by atoms with E-state index in [0.29, 0.717) is 59.9 Å². The van der Waals surface area contributed by atoms with Gasteiger partial charge in [-0.1, -0.05) is 25.9 Å². The summed E-state index contributed by atoms with van der Waals surface area (Å²) in [5.74, 6) is 3.39. The summed E-state index contributed by atoms with van der Waals surface area (Å²) in [7, 11) is 0. The average Bonchev–Trinajstić information content (AvgIpc) is 3.35. The van der Waals surface area contributed by atoms with Crippen molar-refractivity contribution in [2.75, 3.05) is 6.54 Å². The third-order valence-electron chi connectivity index (χ3n) is 9.42. The first-order chi connectivity index (χ1) is 12.9. The molecule has 4 fully saturated rings. The van der Waals surface area contributed by atoms with Crippen LogP contribution in [-0.4, -0.2) is 24.5 Å². The van der Waals surface area contributed by atoms with E-state index < -0.39 is 0 Å². The highest BCUT2D eigenvalue weighted by molar-refractivity contribution is 5.92. The van der Waals surface area contributed by atoms with Gasteiger partial charge in [0.25, 0.3) is 0 Å². The van der Waals surface area contributed by atoms with Crippen LogP contribution < -0.4 is 0 Å². The maximum Gasteiger partial charge on any atom is 0.155 e. The first kappa shape index (κ1) is 17.8. The first-order valence-electron chi connectivity index (χ1n) is 10.8. The smallest absolute Gasteiger partial charge is 0.155 e. The second kappa shape index (κ2) is 5.84. The van der Waals surface area contributed by atoms with Crippen LogP contribution in [0.15, 0.2) is 16.8 Å². The summed E-state index contributed by atoms with van der Waals surface area (Å²) in [4.78, 5) is 15.0. The SMILES string of the molecule is C[C@H](CN=[N+]=[N-])[C@H]1CC[C@H]2[C@@H]3[C@@H]4O[C@@H]4C4=CC(=O)CC[C@]4(C)[C@H]3CC[C@]12C. The summed E-state index contributed by atoms with van der Waals surface area (Å²) in [5.41, 5.74) is 10.5. The fraction of sp³-hybridized carbons (Fsp3) is 0.864. The van der Waals surface area contributed by atoms with Crippen LogP contribution in [0, 0.1) is 40.4 Å². The van der Waals surface area contributed by atoms with Crippen molar-refractivity contribution in [3.05, 3.63) is 22.1 Å². The van der Waals surface area contributed by atoms with Gasteiger partial charge in [-0.25, -0.2) is 0 Å². The van der Waals surface area contributed by atoms with Crippen molar-refractivity contribution < 1.29 is 9.53 Å². The molecule has 3 saturated carbocycles. The maximum atomic E-state index is 12.1. The first-order valence-corrected chi connectivity index (χ1v) is 10.8. The van der Waals surface area contributed by atoms with Crippen molar-refractivity contribution >= 4 is 5.78 Å².